The Labute approximate surface area is 128 Å². The van der Waals surface area contributed by atoms with Crippen molar-refractivity contribution in [3.8, 4) is 0 Å². The molecule has 2 rings (SSSR count). The smallest absolute Gasteiger partial charge is 0.269 e. The second-order valence-electron chi connectivity index (χ2n) is 4.23. The summed E-state index contributed by atoms with van der Waals surface area (Å²) in [7, 11) is 0. The molecule has 0 spiro atoms. The first-order valence-electron chi connectivity index (χ1n) is 5.94. The van der Waals surface area contributed by atoms with Crippen molar-refractivity contribution in [3.05, 3.63) is 74.0 Å². The van der Waals surface area contributed by atoms with Gasteiger partial charge in [0.15, 0.2) is 0 Å². The zero-order valence-corrected chi connectivity index (χ0v) is 12.3. The molecule has 0 saturated heterocycles. The Morgan fingerprint density at radius 2 is 1.90 bits per heavy atom. The summed E-state index contributed by atoms with van der Waals surface area (Å²) in [6.07, 6.45) is 0. The maximum atomic E-state index is 13.1. The van der Waals surface area contributed by atoms with Crippen molar-refractivity contribution in [1.29, 1.82) is 0 Å². The third-order valence-corrected chi connectivity index (χ3v) is 3.46. The number of hydrogen-bond donors (Lipinski definition) is 1. The molecule has 0 fully saturated rings. The highest BCUT2D eigenvalue weighted by atomic mass is 79.9. The van der Waals surface area contributed by atoms with E-state index in [0.717, 1.165) is 6.07 Å². The number of benzene rings is 2. The van der Waals surface area contributed by atoms with E-state index in [4.69, 9.17) is 0 Å². The summed E-state index contributed by atoms with van der Waals surface area (Å²) in [5, 5.41) is 13.2. The Bertz CT molecular complexity index is 689. The van der Waals surface area contributed by atoms with Gasteiger partial charge >= 0.3 is 0 Å². The molecule has 7 heteroatoms. The van der Waals surface area contributed by atoms with Gasteiger partial charge in [-0.15, -0.1) is 0 Å². The fourth-order valence-electron chi connectivity index (χ4n) is 1.68. The van der Waals surface area contributed by atoms with Crippen molar-refractivity contribution in [1.82, 2.24) is 5.32 Å². The summed E-state index contributed by atoms with van der Waals surface area (Å²) >= 11 is 3.18. The highest BCUT2D eigenvalue weighted by Crippen LogP contribution is 2.18. The Kier molecular flexibility index (Phi) is 4.64. The standard InChI is InChI=1S/C14H10BrFN2O3/c15-13-6-3-10(16)7-12(13)14(19)17-8-9-1-4-11(5-2-9)18(20)21/h1-7H,8H2,(H,17,19). The molecule has 108 valence electrons. The maximum Gasteiger partial charge on any atom is 0.269 e. The van der Waals surface area contributed by atoms with Crippen LogP contribution < -0.4 is 5.32 Å². The quantitative estimate of drug-likeness (QED) is 0.676. The van der Waals surface area contributed by atoms with E-state index >= 15 is 0 Å². The first-order valence-corrected chi connectivity index (χ1v) is 6.73. The Morgan fingerprint density at radius 1 is 1.24 bits per heavy atom. The van der Waals surface area contributed by atoms with Crippen molar-refractivity contribution in [2.24, 2.45) is 0 Å². The van der Waals surface area contributed by atoms with Crippen LogP contribution in [0.5, 0.6) is 0 Å². The van der Waals surface area contributed by atoms with Crippen molar-refractivity contribution in [3.63, 3.8) is 0 Å². The molecule has 0 radical (unpaired) electrons. The summed E-state index contributed by atoms with van der Waals surface area (Å²) in [5.74, 6) is -0.932. The minimum absolute atomic E-state index is 0.0158. The molecule has 2 aromatic rings. The molecule has 0 atom stereocenters. The van der Waals surface area contributed by atoms with Crippen LogP contribution in [0.2, 0.25) is 0 Å². The SMILES string of the molecule is O=C(NCc1ccc([N+](=O)[O-])cc1)c1cc(F)ccc1Br. The molecule has 0 heterocycles. The second-order valence-corrected chi connectivity index (χ2v) is 5.08. The fraction of sp³-hybridized carbons (Fsp3) is 0.0714. The minimum Gasteiger partial charge on any atom is -0.348 e. The van der Waals surface area contributed by atoms with Gasteiger partial charge in [-0.2, -0.15) is 0 Å². The predicted octanol–water partition coefficient (Wildman–Crippen LogP) is 3.43. The third kappa shape index (κ3) is 3.85. The number of nitrogens with one attached hydrogen (secondary N) is 1. The fourth-order valence-corrected chi connectivity index (χ4v) is 2.11. The van der Waals surface area contributed by atoms with Gasteiger partial charge < -0.3 is 5.32 Å². The molecule has 0 aromatic heterocycles. The number of carbonyl (C=O) groups is 1. The topological polar surface area (TPSA) is 72.2 Å². The molecular weight excluding hydrogens is 343 g/mol. The van der Waals surface area contributed by atoms with Crippen molar-refractivity contribution >= 4 is 27.5 Å². The molecule has 5 nitrogen and oxygen atoms in total. The van der Waals surface area contributed by atoms with E-state index in [1.165, 1.54) is 24.3 Å². The summed E-state index contributed by atoms with van der Waals surface area (Å²) in [5.41, 5.74) is 0.885. The van der Waals surface area contributed by atoms with Gasteiger partial charge in [-0.3, -0.25) is 14.9 Å². The lowest BCUT2D eigenvalue weighted by Crippen LogP contribution is -2.23. The van der Waals surface area contributed by atoms with Crippen molar-refractivity contribution in [2.45, 2.75) is 6.54 Å². The summed E-state index contributed by atoms with van der Waals surface area (Å²) in [4.78, 5) is 22.0. The van der Waals surface area contributed by atoms with Crippen LogP contribution in [0.15, 0.2) is 46.9 Å². The molecule has 0 aliphatic rings. The molecule has 1 amide bonds. The minimum atomic E-state index is -0.501. The average Bonchev–Trinajstić information content (AvgIpc) is 2.47. The zero-order chi connectivity index (χ0) is 15.4. The molecule has 0 aliphatic heterocycles. The van der Waals surface area contributed by atoms with Gasteiger partial charge in [0.25, 0.3) is 11.6 Å². The van der Waals surface area contributed by atoms with Crippen LogP contribution in [0.25, 0.3) is 0 Å². The van der Waals surface area contributed by atoms with Crippen LogP contribution in [-0.2, 0) is 6.54 Å². The van der Waals surface area contributed by atoms with E-state index in [1.807, 2.05) is 0 Å². The van der Waals surface area contributed by atoms with E-state index in [2.05, 4.69) is 21.2 Å². The number of amides is 1. The molecule has 0 aliphatic carbocycles. The number of nitro groups is 1. The zero-order valence-electron chi connectivity index (χ0n) is 10.7. The van der Waals surface area contributed by atoms with Crippen molar-refractivity contribution < 1.29 is 14.1 Å². The molecule has 0 bridgehead atoms. The number of carbonyl (C=O) groups excluding carboxylic acids is 1. The van der Waals surface area contributed by atoms with Crippen LogP contribution in [0, 0.1) is 15.9 Å². The lowest BCUT2D eigenvalue weighted by Gasteiger charge is -2.07. The largest absolute Gasteiger partial charge is 0.348 e. The monoisotopic (exact) mass is 352 g/mol. The molecular formula is C14H10BrFN2O3. The van der Waals surface area contributed by atoms with E-state index in [1.54, 1.807) is 12.1 Å². The van der Waals surface area contributed by atoms with Crippen LogP contribution in [0.1, 0.15) is 15.9 Å². The van der Waals surface area contributed by atoms with E-state index in [9.17, 15) is 19.3 Å². The summed E-state index contributed by atoms with van der Waals surface area (Å²) in [6, 6.07) is 9.67. The van der Waals surface area contributed by atoms with Gasteiger partial charge in [-0.1, -0.05) is 12.1 Å². The van der Waals surface area contributed by atoms with Crippen LogP contribution in [0.3, 0.4) is 0 Å². The Morgan fingerprint density at radius 3 is 2.52 bits per heavy atom. The third-order valence-electron chi connectivity index (χ3n) is 2.77. The molecule has 21 heavy (non-hydrogen) atoms. The number of non-ortho nitro benzene ring substituents is 1. The normalized spacial score (nSPS) is 10.2. The van der Waals surface area contributed by atoms with E-state index < -0.39 is 16.6 Å². The van der Waals surface area contributed by atoms with Gasteiger partial charge in [0, 0.05) is 23.2 Å². The predicted molar refractivity (Wildman–Crippen MR) is 78.4 cm³/mol. The van der Waals surface area contributed by atoms with Gasteiger partial charge in [-0.05, 0) is 39.7 Å². The number of rotatable bonds is 4. The van der Waals surface area contributed by atoms with Crippen LogP contribution in [0.4, 0.5) is 10.1 Å². The number of hydrogen-bond acceptors (Lipinski definition) is 3. The summed E-state index contributed by atoms with van der Waals surface area (Å²) in [6.45, 7) is 0.194. The van der Waals surface area contributed by atoms with Gasteiger partial charge in [-0.25, -0.2) is 4.39 Å². The van der Waals surface area contributed by atoms with E-state index in [-0.39, 0.29) is 17.8 Å². The first kappa shape index (κ1) is 15.1. The highest BCUT2D eigenvalue weighted by Gasteiger charge is 2.11. The average molecular weight is 353 g/mol. The Balaban J connectivity index is 2.04. The van der Waals surface area contributed by atoms with Gasteiger partial charge in [0.1, 0.15) is 5.82 Å². The first-order chi connectivity index (χ1) is 9.97. The molecule has 1 N–H and O–H groups in total. The summed E-state index contributed by atoms with van der Waals surface area (Å²) < 4.78 is 13.6. The molecule has 0 saturated carbocycles. The van der Waals surface area contributed by atoms with E-state index in [0.29, 0.717) is 10.0 Å². The number of halogens is 2. The number of nitro benzene ring substituents is 1. The maximum absolute atomic E-state index is 13.1. The van der Waals surface area contributed by atoms with Crippen LogP contribution in [-0.4, -0.2) is 10.8 Å². The van der Waals surface area contributed by atoms with Crippen LogP contribution >= 0.6 is 15.9 Å². The Hall–Kier alpha value is -2.28. The molecule has 2 aromatic carbocycles. The van der Waals surface area contributed by atoms with Gasteiger partial charge in [0.05, 0.1) is 10.5 Å². The molecule has 0 unspecified atom stereocenters. The number of nitrogens with zero attached hydrogens (tertiary/aromatic N) is 1. The highest BCUT2D eigenvalue weighted by molar-refractivity contribution is 9.10. The lowest BCUT2D eigenvalue weighted by molar-refractivity contribution is -0.384. The lowest BCUT2D eigenvalue weighted by atomic mass is 10.2. The van der Waals surface area contributed by atoms with Gasteiger partial charge in [0.2, 0.25) is 0 Å². The second kappa shape index (κ2) is 6.45. The van der Waals surface area contributed by atoms with Crippen molar-refractivity contribution in [2.75, 3.05) is 0 Å².